The van der Waals surface area contributed by atoms with Gasteiger partial charge in [0.25, 0.3) is 0 Å². The average molecular weight is 626 g/mol. The Bertz CT molecular complexity index is 1750. The third-order valence-corrected chi connectivity index (χ3v) is 7.92. The second-order valence-corrected chi connectivity index (χ2v) is 11.5. The minimum Gasteiger partial charge on any atom is -0.472 e. The first kappa shape index (κ1) is 31.2. The zero-order valence-corrected chi connectivity index (χ0v) is 25.2. The standard InChI is InChI=1S/C31H31ClF3N7O2/c1-18(17-40(2)3)44-31-29-30(23-16-24(32)26(27(35)28(23)37-31)19-6-8-20(34)9-7-19)42(39-38-29)22-11-14-41(21(15-22)10-13-36)25(43)5-4-12-33/h4-9,16,18,21-22H,10-12,14-15,17H2,1-3H3/b5-4+/t18-,21+,22-/m0/s1. The Morgan fingerprint density at radius 1 is 1.27 bits per heavy atom. The van der Waals surface area contributed by atoms with Gasteiger partial charge in [-0.15, -0.1) is 5.10 Å². The average Bonchev–Trinajstić information content (AvgIpc) is 3.43. The number of allylic oxidation sites excluding steroid dienone is 1. The van der Waals surface area contributed by atoms with E-state index in [9.17, 15) is 18.8 Å². The smallest absolute Gasteiger partial charge is 0.246 e. The zero-order valence-electron chi connectivity index (χ0n) is 24.5. The minimum absolute atomic E-state index is 0.0191. The van der Waals surface area contributed by atoms with Crippen LogP contribution in [0.3, 0.4) is 0 Å². The molecule has 44 heavy (non-hydrogen) atoms. The molecule has 0 spiro atoms. The van der Waals surface area contributed by atoms with E-state index < -0.39 is 24.4 Å². The summed E-state index contributed by atoms with van der Waals surface area (Å²) < 4.78 is 50.5. The summed E-state index contributed by atoms with van der Waals surface area (Å²) in [6.45, 7) is 1.94. The van der Waals surface area contributed by atoms with Crippen LogP contribution >= 0.6 is 11.6 Å². The van der Waals surface area contributed by atoms with Crippen molar-refractivity contribution in [1.82, 2.24) is 29.8 Å². The Morgan fingerprint density at radius 2 is 2.02 bits per heavy atom. The van der Waals surface area contributed by atoms with Gasteiger partial charge < -0.3 is 14.5 Å². The number of piperidine rings is 1. The fraction of sp³-hybridized carbons (Fsp3) is 0.387. The number of likely N-dealkylation sites (N-methyl/N-ethyl adjacent to an activating group) is 1. The molecule has 0 radical (unpaired) electrons. The number of alkyl halides is 1. The maximum atomic E-state index is 16.4. The van der Waals surface area contributed by atoms with Crippen LogP contribution in [0.2, 0.25) is 5.02 Å². The van der Waals surface area contributed by atoms with Gasteiger partial charge in [-0.2, -0.15) is 5.26 Å². The largest absolute Gasteiger partial charge is 0.472 e. The van der Waals surface area contributed by atoms with Crippen LogP contribution < -0.4 is 4.74 Å². The van der Waals surface area contributed by atoms with Crippen molar-refractivity contribution in [3.63, 3.8) is 0 Å². The SMILES string of the molecule is C[C@@H](CN(C)C)Oc1nc2c(F)c(-c3ccc(F)cc3)c(Cl)cc2c2c1nnn2[C@H]1CCN(C(=O)/C=C/CF)[C@H](CC#N)C1. The maximum absolute atomic E-state index is 16.4. The van der Waals surface area contributed by atoms with Gasteiger partial charge >= 0.3 is 0 Å². The van der Waals surface area contributed by atoms with Gasteiger partial charge in [0.05, 0.1) is 23.6 Å². The number of hydrogen-bond donors (Lipinski definition) is 0. The monoisotopic (exact) mass is 625 g/mol. The van der Waals surface area contributed by atoms with Crippen molar-refractivity contribution in [2.75, 3.05) is 33.9 Å². The third-order valence-electron chi connectivity index (χ3n) is 7.62. The van der Waals surface area contributed by atoms with Gasteiger partial charge in [0.1, 0.15) is 29.6 Å². The fourth-order valence-electron chi connectivity index (χ4n) is 5.78. The fourth-order valence-corrected chi connectivity index (χ4v) is 6.09. The number of likely N-dealkylation sites (tertiary alicyclic amines) is 1. The molecule has 1 amide bonds. The number of fused-ring (bicyclic) bond motifs is 3. The van der Waals surface area contributed by atoms with Crippen LogP contribution in [-0.4, -0.2) is 81.7 Å². The highest BCUT2D eigenvalue weighted by Crippen LogP contribution is 2.41. The molecule has 230 valence electrons. The highest BCUT2D eigenvalue weighted by atomic mass is 35.5. The number of pyridine rings is 1. The number of benzene rings is 2. The van der Waals surface area contributed by atoms with Gasteiger partial charge in [-0.05, 0) is 63.7 Å². The van der Waals surface area contributed by atoms with Crippen molar-refractivity contribution < 1.29 is 22.7 Å². The molecule has 0 unspecified atom stereocenters. The lowest BCUT2D eigenvalue weighted by Gasteiger charge is -2.38. The summed E-state index contributed by atoms with van der Waals surface area (Å²) in [5, 5.41) is 18.8. The number of ether oxygens (including phenoxy) is 1. The summed E-state index contributed by atoms with van der Waals surface area (Å²) >= 11 is 6.67. The van der Waals surface area contributed by atoms with Crippen LogP contribution in [0, 0.1) is 23.0 Å². The highest BCUT2D eigenvalue weighted by molar-refractivity contribution is 6.34. The Hall–Kier alpha value is -4.21. The summed E-state index contributed by atoms with van der Waals surface area (Å²) in [6.07, 6.45) is 2.87. The Balaban J connectivity index is 1.66. The molecular formula is C31H31ClF3N7O2. The van der Waals surface area contributed by atoms with E-state index in [1.54, 1.807) is 15.6 Å². The molecule has 0 saturated carbocycles. The molecule has 1 fully saturated rings. The molecule has 1 saturated heterocycles. The molecular weight excluding hydrogens is 595 g/mol. The first-order valence-electron chi connectivity index (χ1n) is 14.2. The molecule has 0 N–H and O–H groups in total. The van der Waals surface area contributed by atoms with Crippen LogP contribution in [-0.2, 0) is 4.79 Å². The quantitative estimate of drug-likeness (QED) is 0.214. The number of nitriles is 1. The van der Waals surface area contributed by atoms with E-state index in [1.807, 2.05) is 25.9 Å². The summed E-state index contributed by atoms with van der Waals surface area (Å²) in [6, 6.07) is 8.30. The molecule has 1 aliphatic rings. The van der Waals surface area contributed by atoms with Crippen LogP contribution in [0.25, 0.3) is 33.1 Å². The lowest BCUT2D eigenvalue weighted by molar-refractivity contribution is -0.130. The van der Waals surface area contributed by atoms with Crippen LogP contribution in [0.5, 0.6) is 5.88 Å². The van der Waals surface area contributed by atoms with Crippen molar-refractivity contribution in [2.24, 2.45) is 0 Å². The van der Waals surface area contributed by atoms with E-state index >= 15 is 4.39 Å². The first-order chi connectivity index (χ1) is 21.1. The molecule has 3 atom stereocenters. The Morgan fingerprint density at radius 3 is 2.70 bits per heavy atom. The molecule has 0 bridgehead atoms. The van der Waals surface area contributed by atoms with E-state index in [0.717, 1.165) is 6.08 Å². The van der Waals surface area contributed by atoms with Crippen LogP contribution in [0.1, 0.15) is 32.2 Å². The normalized spacial score (nSPS) is 17.9. The summed E-state index contributed by atoms with van der Waals surface area (Å²) in [5.74, 6) is -1.45. The van der Waals surface area contributed by atoms with Crippen molar-refractivity contribution in [3.05, 3.63) is 59.1 Å². The summed E-state index contributed by atoms with van der Waals surface area (Å²) in [5.41, 5.74) is 1.19. The predicted molar refractivity (Wildman–Crippen MR) is 161 cm³/mol. The second-order valence-electron chi connectivity index (χ2n) is 11.1. The van der Waals surface area contributed by atoms with Gasteiger partial charge in [0, 0.05) is 36.2 Å². The molecule has 5 rings (SSSR count). The lowest BCUT2D eigenvalue weighted by atomic mass is 9.94. The van der Waals surface area contributed by atoms with Crippen LogP contribution in [0.4, 0.5) is 13.2 Å². The molecule has 4 aromatic rings. The molecule has 1 aliphatic heterocycles. The van der Waals surface area contributed by atoms with Crippen molar-refractivity contribution in [2.45, 2.75) is 44.4 Å². The highest BCUT2D eigenvalue weighted by Gasteiger charge is 2.34. The zero-order chi connectivity index (χ0) is 31.5. The van der Waals surface area contributed by atoms with E-state index in [1.165, 1.54) is 30.3 Å². The molecule has 13 heteroatoms. The van der Waals surface area contributed by atoms with E-state index in [-0.39, 0.29) is 46.5 Å². The van der Waals surface area contributed by atoms with Gasteiger partial charge in [0.2, 0.25) is 11.8 Å². The van der Waals surface area contributed by atoms with E-state index in [2.05, 4.69) is 21.4 Å². The van der Waals surface area contributed by atoms with Gasteiger partial charge in [-0.1, -0.05) is 28.9 Å². The molecule has 2 aromatic heterocycles. The number of hydrogen-bond acceptors (Lipinski definition) is 7. The van der Waals surface area contributed by atoms with Crippen LogP contribution in [0.15, 0.2) is 42.5 Å². The predicted octanol–water partition coefficient (Wildman–Crippen LogP) is 5.88. The topological polar surface area (TPSA) is 100 Å². The summed E-state index contributed by atoms with van der Waals surface area (Å²) in [4.78, 5) is 20.8. The number of aromatic nitrogens is 4. The minimum atomic E-state index is -0.767. The number of amides is 1. The van der Waals surface area contributed by atoms with Crippen molar-refractivity contribution >= 4 is 39.4 Å². The Kier molecular flexibility index (Phi) is 9.36. The first-order valence-corrected chi connectivity index (χ1v) is 14.5. The molecule has 3 heterocycles. The number of carbonyl (C=O) groups excluding carboxylic acids is 1. The maximum Gasteiger partial charge on any atom is 0.246 e. The molecule has 2 aromatic carbocycles. The van der Waals surface area contributed by atoms with Gasteiger partial charge in [0.15, 0.2) is 11.3 Å². The van der Waals surface area contributed by atoms with Crippen molar-refractivity contribution in [1.29, 1.82) is 5.26 Å². The Labute approximate surface area is 257 Å². The number of halogens is 4. The van der Waals surface area contributed by atoms with Gasteiger partial charge in [-0.3, -0.25) is 4.79 Å². The second kappa shape index (κ2) is 13.2. The van der Waals surface area contributed by atoms with E-state index in [0.29, 0.717) is 47.9 Å². The number of nitrogens with zero attached hydrogens (tertiary/aromatic N) is 7. The third kappa shape index (κ3) is 6.21. The molecule has 0 aliphatic carbocycles. The molecule has 9 nitrogen and oxygen atoms in total. The van der Waals surface area contributed by atoms with E-state index in [4.69, 9.17) is 16.3 Å². The number of rotatable bonds is 9. The lowest BCUT2D eigenvalue weighted by Crippen LogP contribution is -2.46. The number of carbonyl (C=O) groups is 1. The van der Waals surface area contributed by atoms with Crippen molar-refractivity contribution in [3.8, 4) is 23.1 Å². The summed E-state index contributed by atoms with van der Waals surface area (Å²) in [7, 11) is 3.80. The van der Waals surface area contributed by atoms with Gasteiger partial charge in [-0.25, -0.2) is 22.8 Å².